The van der Waals surface area contributed by atoms with E-state index < -0.39 is 106 Å². The van der Waals surface area contributed by atoms with E-state index in [2.05, 4.69) is 10.0 Å². The van der Waals surface area contributed by atoms with Gasteiger partial charge >= 0.3 is 0 Å². The van der Waals surface area contributed by atoms with Gasteiger partial charge in [-0.3, -0.25) is 0 Å². The fourth-order valence-electron chi connectivity index (χ4n) is 4.19. The number of rotatable bonds is 8. The van der Waals surface area contributed by atoms with E-state index in [-0.39, 0.29) is 6.42 Å². The maximum Gasteiger partial charge on any atom is 0.187 e. The van der Waals surface area contributed by atoms with Crippen LogP contribution in [0.2, 0.25) is 0 Å². The Morgan fingerprint density at radius 3 is 1.94 bits per heavy atom. The van der Waals surface area contributed by atoms with E-state index in [1.807, 2.05) is 0 Å². The van der Waals surface area contributed by atoms with Gasteiger partial charge in [-0.15, -0.1) is 0 Å². The summed E-state index contributed by atoms with van der Waals surface area (Å²) >= 11 is 0. The van der Waals surface area contributed by atoms with Crippen molar-refractivity contribution >= 4 is 0 Å². The third kappa shape index (κ3) is 6.02. The molecule has 3 aliphatic rings. The van der Waals surface area contributed by atoms with Crippen LogP contribution >= 0.6 is 0 Å². The number of aliphatic hydroxyl groups excluding tert-OH is 9. The first-order valence-electron chi connectivity index (χ1n) is 10.9. The van der Waals surface area contributed by atoms with Crippen LogP contribution < -0.4 is 0 Å². The molecule has 0 aromatic rings. The van der Waals surface area contributed by atoms with E-state index in [0.717, 1.165) is 0 Å². The molecular weight excluding hydrogens is 482 g/mol. The highest BCUT2D eigenvalue weighted by molar-refractivity contribution is 4.96. The lowest BCUT2D eigenvalue weighted by Crippen LogP contribution is -2.65. The van der Waals surface area contributed by atoms with Crippen LogP contribution in [0.1, 0.15) is 6.42 Å². The summed E-state index contributed by atoms with van der Waals surface area (Å²) in [6.45, 7) is -2.16. The molecule has 17 nitrogen and oxygen atoms in total. The smallest absolute Gasteiger partial charge is 0.187 e. The molecule has 202 valence electrons. The summed E-state index contributed by atoms with van der Waals surface area (Å²) in [6.07, 6.45) is -21.5. The number of nitrogens with zero attached hydrogens (tertiary/aromatic N) is 3. The summed E-state index contributed by atoms with van der Waals surface area (Å²) in [4.78, 5) is 2.49. The number of hydrogen-bond donors (Lipinski definition) is 9. The zero-order chi connectivity index (χ0) is 25.9. The van der Waals surface area contributed by atoms with E-state index in [1.54, 1.807) is 0 Å². The molecule has 3 heterocycles. The Morgan fingerprint density at radius 1 is 0.714 bits per heavy atom. The monoisotopic (exact) mass is 513 g/mol. The number of azide groups is 1. The second-order valence-electron chi connectivity index (χ2n) is 8.42. The lowest BCUT2D eigenvalue weighted by Gasteiger charge is -2.47. The maximum absolute atomic E-state index is 10.8. The Balaban J connectivity index is 1.76. The minimum atomic E-state index is -1.80. The second-order valence-corrected chi connectivity index (χ2v) is 8.42. The minimum absolute atomic E-state index is 0.279. The van der Waals surface area contributed by atoms with Gasteiger partial charge in [0.2, 0.25) is 0 Å². The van der Waals surface area contributed by atoms with Crippen molar-refractivity contribution in [2.75, 3.05) is 19.8 Å². The molecule has 3 aliphatic heterocycles. The third-order valence-corrected chi connectivity index (χ3v) is 6.14. The predicted molar refractivity (Wildman–Crippen MR) is 107 cm³/mol. The summed E-state index contributed by atoms with van der Waals surface area (Å²) in [5, 5.41) is 93.6. The predicted octanol–water partition coefficient (Wildman–Crippen LogP) is -5.23. The van der Waals surface area contributed by atoms with Crippen molar-refractivity contribution in [2.45, 2.75) is 92.4 Å². The SMILES string of the molecule is [N-]=[N+]=N[C@@H]1O[C@H](CO)[C@@H](O[C@@H]2O[C@H](CO)[C@H](O)[C@H](O[C@@H]3C[C@@H](O)[C@@H](O)[C@@H](CO)O3)[C@H]2O)[C@H](O)[C@H]1O. The van der Waals surface area contributed by atoms with Crippen LogP contribution in [-0.4, -0.2) is 152 Å². The highest BCUT2D eigenvalue weighted by Crippen LogP contribution is 2.32. The van der Waals surface area contributed by atoms with Gasteiger partial charge in [0.05, 0.1) is 25.9 Å². The van der Waals surface area contributed by atoms with Crippen molar-refractivity contribution in [1.82, 2.24) is 0 Å². The molecule has 0 amide bonds. The fraction of sp³-hybridized carbons (Fsp3) is 1.00. The van der Waals surface area contributed by atoms with Gasteiger partial charge < -0.3 is 69.6 Å². The normalized spacial score (nSPS) is 48.8. The first-order valence-corrected chi connectivity index (χ1v) is 10.9. The topological polar surface area (TPSA) is 277 Å². The molecule has 3 saturated heterocycles. The molecule has 14 atom stereocenters. The standard InChI is InChI=1S/C18H31N3O14/c19-21-20-17-13(29)12(28)15(8(4-24)32-17)35-18-14(30)16(11(27)7(3-23)33-18)34-9-1-5(25)10(26)6(2-22)31-9/h5-18,22-30H,1-4H2/t5-,6-,7-,8-,9-,10-,11+,12-,13-,14-,15-,16+,17-,18+/m1/s1. The molecule has 0 radical (unpaired) electrons. The van der Waals surface area contributed by atoms with Gasteiger partial charge in [0.1, 0.15) is 61.0 Å². The molecule has 17 heteroatoms. The summed E-state index contributed by atoms with van der Waals surface area (Å²) in [6, 6.07) is 0. The van der Waals surface area contributed by atoms with Crippen LogP contribution in [-0.2, 0) is 23.7 Å². The zero-order valence-electron chi connectivity index (χ0n) is 18.3. The van der Waals surface area contributed by atoms with Crippen molar-refractivity contribution in [3.63, 3.8) is 0 Å². The Kier molecular flexibility index (Phi) is 9.98. The van der Waals surface area contributed by atoms with Gasteiger partial charge in [0.25, 0.3) is 0 Å². The highest BCUT2D eigenvalue weighted by atomic mass is 16.7. The molecule has 0 aliphatic carbocycles. The zero-order valence-corrected chi connectivity index (χ0v) is 18.3. The molecule has 9 N–H and O–H groups in total. The van der Waals surface area contributed by atoms with Crippen LogP contribution in [0.3, 0.4) is 0 Å². The minimum Gasteiger partial charge on any atom is -0.394 e. The van der Waals surface area contributed by atoms with Crippen molar-refractivity contribution in [3.05, 3.63) is 10.4 Å². The first-order chi connectivity index (χ1) is 16.7. The molecule has 0 unspecified atom stereocenters. The molecule has 0 spiro atoms. The van der Waals surface area contributed by atoms with E-state index >= 15 is 0 Å². The summed E-state index contributed by atoms with van der Waals surface area (Å²) in [5.74, 6) is 0. The highest BCUT2D eigenvalue weighted by Gasteiger charge is 2.52. The van der Waals surface area contributed by atoms with Crippen LogP contribution in [0, 0.1) is 0 Å². The fourth-order valence-corrected chi connectivity index (χ4v) is 4.19. The van der Waals surface area contributed by atoms with Crippen molar-refractivity contribution < 1.29 is 69.6 Å². The summed E-state index contributed by atoms with van der Waals surface area (Å²) < 4.78 is 27.1. The Labute approximate surface area is 198 Å². The average Bonchev–Trinajstić information content (AvgIpc) is 2.84. The van der Waals surface area contributed by atoms with Crippen LogP contribution in [0.4, 0.5) is 0 Å². The lowest BCUT2D eigenvalue weighted by molar-refractivity contribution is -0.363. The van der Waals surface area contributed by atoms with Gasteiger partial charge in [-0.25, -0.2) is 0 Å². The summed E-state index contributed by atoms with van der Waals surface area (Å²) in [5.41, 5.74) is 8.58. The molecule has 0 aromatic carbocycles. The average molecular weight is 513 g/mol. The molecule has 3 rings (SSSR count). The van der Waals surface area contributed by atoms with E-state index in [9.17, 15) is 46.0 Å². The summed E-state index contributed by atoms with van der Waals surface area (Å²) in [7, 11) is 0. The van der Waals surface area contributed by atoms with Crippen LogP contribution in [0.25, 0.3) is 10.4 Å². The second kappa shape index (κ2) is 12.3. The molecule has 3 fully saturated rings. The van der Waals surface area contributed by atoms with Crippen LogP contribution in [0.5, 0.6) is 0 Å². The van der Waals surface area contributed by atoms with E-state index in [1.165, 1.54) is 0 Å². The molecule has 0 saturated carbocycles. The van der Waals surface area contributed by atoms with Gasteiger partial charge in [0, 0.05) is 11.3 Å². The van der Waals surface area contributed by atoms with Crippen molar-refractivity contribution in [3.8, 4) is 0 Å². The van der Waals surface area contributed by atoms with E-state index in [0.29, 0.717) is 0 Å². The number of hydrogen-bond acceptors (Lipinski definition) is 15. The number of aliphatic hydroxyl groups is 9. The quantitative estimate of drug-likeness (QED) is 0.0833. The number of ether oxygens (including phenoxy) is 5. The van der Waals surface area contributed by atoms with Gasteiger partial charge in [-0.05, 0) is 5.53 Å². The first kappa shape index (κ1) is 28.3. The Bertz CT molecular complexity index is 729. The van der Waals surface area contributed by atoms with E-state index in [4.69, 9.17) is 29.2 Å². The largest absolute Gasteiger partial charge is 0.394 e. The lowest BCUT2D eigenvalue weighted by atomic mass is 9.96. The van der Waals surface area contributed by atoms with Crippen LogP contribution in [0.15, 0.2) is 5.11 Å². The molecular formula is C18H31N3O14. The Hall–Kier alpha value is -1.25. The van der Waals surface area contributed by atoms with Gasteiger partial charge in [-0.1, -0.05) is 5.11 Å². The van der Waals surface area contributed by atoms with Gasteiger partial charge in [-0.2, -0.15) is 0 Å². The third-order valence-electron chi connectivity index (χ3n) is 6.14. The molecule has 0 aromatic heterocycles. The van der Waals surface area contributed by atoms with Crippen molar-refractivity contribution in [2.24, 2.45) is 5.11 Å². The molecule has 0 bridgehead atoms. The maximum atomic E-state index is 10.8. The van der Waals surface area contributed by atoms with Gasteiger partial charge in [0.15, 0.2) is 18.8 Å². The molecule has 35 heavy (non-hydrogen) atoms. The Morgan fingerprint density at radius 2 is 1.34 bits per heavy atom. The van der Waals surface area contributed by atoms with Crippen molar-refractivity contribution in [1.29, 1.82) is 0 Å².